The predicted molar refractivity (Wildman–Crippen MR) is 77.3 cm³/mol. The molecule has 0 bridgehead atoms. The maximum absolute atomic E-state index is 11.9. The molecule has 0 aliphatic rings. The lowest BCUT2D eigenvalue weighted by atomic mass is 10.1. The molecule has 2 aromatic rings. The number of carbonyl (C=O) groups excluding carboxylic acids is 2. The zero-order chi connectivity index (χ0) is 14.5. The number of benzene rings is 1. The molecule has 1 amide bonds. The molecule has 1 aromatic heterocycles. The summed E-state index contributed by atoms with van der Waals surface area (Å²) in [6, 6.07) is 7.73. The van der Waals surface area contributed by atoms with E-state index in [0.29, 0.717) is 13.0 Å². The Morgan fingerprint density at radius 2 is 1.85 bits per heavy atom. The van der Waals surface area contributed by atoms with Gasteiger partial charge < -0.3 is 11.5 Å². The Morgan fingerprint density at radius 1 is 1.20 bits per heavy atom. The molecule has 5 nitrogen and oxygen atoms in total. The molecule has 0 aliphatic heterocycles. The second kappa shape index (κ2) is 6.40. The quantitative estimate of drug-likeness (QED) is 0.783. The van der Waals surface area contributed by atoms with Crippen LogP contribution < -0.4 is 11.5 Å². The highest BCUT2D eigenvalue weighted by molar-refractivity contribution is 7.12. The molecule has 0 atom stereocenters. The molecular formula is C14H14N3O2S. The fourth-order valence-corrected chi connectivity index (χ4v) is 2.35. The molecule has 0 aliphatic carbocycles. The van der Waals surface area contributed by atoms with Crippen molar-refractivity contribution in [1.82, 2.24) is 4.98 Å². The van der Waals surface area contributed by atoms with Gasteiger partial charge in [-0.25, -0.2) is 4.98 Å². The maximum Gasteiger partial charge on any atom is 0.268 e. The van der Waals surface area contributed by atoms with Crippen LogP contribution in [0.5, 0.6) is 0 Å². The van der Waals surface area contributed by atoms with Crippen LogP contribution in [0.1, 0.15) is 31.4 Å². The van der Waals surface area contributed by atoms with Gasteiger partial charge in [-0.05, 0) is 17.5 Å². The largest absolute Gasteiger partial charge is 0.364 e. The van der Waals surface area contributed by atoms with Crippen molar-refractivity contribution in [3.8, 4) is 0 Å². The molecule has 1 radical (unpaired) electrons. The molecule has 20 heavy (non-hydrogen) atoms. The third-order valence-corrected chi connectivity index (χ3v) is 3.61. The lowest BCUT2D eigenvalue weighted by Gasteiger charge is -2.01. The summed E-state index contributed by atoms with van der Waals surface area (Å²) in [6.07, 6.45) is 2.05. The summed E-state index contributed by atoms with van der Waals surface area (Å²) < 4.78 is 0. The summed E-state index contributed by atoms with van der Waals surface area (Å²) in [6.45, 7) is 0.498. The van der Waals surface area contributed by atoms with Gasteiger partial charge >= 0.3 is 0 Å². The normalized spacial score (nSPS) is 10.4. The number of hydrogen-bond acceptors (Lipinski definition) is 5. The average Bonchev–Trinajstić information content (AvgIpc) is 2.95. The second-order valence-corrected chi connectivity index (χ2v) is 5.05. The van der Waals surface area contributed by atoms with Crippen molar-refractivity contribution < 1.29 is 9.59 Å². The van der Waals surface area contributed by atoms with E-state index in [1.807, 2.05) is 24.3 Å². The minimum Gasteiger partial charge on any atom is -0.364 e. The van der Waals surface area contributed by atoms with E-state index < -0.39 is 5.91 Å². The minimum atomic E-state index is -0.627. The highest BCUT2D eigenvalue weighted by atomic mass is 32.1. The average molecular weight is 288 g/mol. The molecule has 0 spiro atoms. The van der Waals surface area contributed by atoms with Crippen molar-refractivity contribution in [3.05, 3.63) is 57.9 Å². The fraction of sp³-hybridized carbons (Fsp3) is 0.143. The van der Waals surface area contributed by atoms with Crippen molar-refractivity contribution in [1.29, 1.82) is 0 Å². The van der Waals surface area contributed by atoms with E-state index in [1.54, 1.807) is 6.42 Å². The molecular weight excluding hydrogens is 274 g/mol. The van der Waals surface area contributed by atoms with Gasteiger partial charge in [-0.3, -0.25) is 9.59 Å². The number of ketones is 1. The number of rotatable bonds is 6. The van der Waals surface area contributed by atoms with Gasteiger partial charge in [0.1, 0.15) is 5.69 Å². The first-order valence-corrected chi connectivity index (χ1v) is 6.89. The number of nitrogens with two attached hydrogens (primary N) is 2. The second-order valence-electron chi connectivity index (χ2n) is 4.20. The summed E-state index contributed by atoms with van der Waals surface area (Å²) in [4.78, 5) is 26.7. The van der Waals surface area contributed by atoms with E-state index in [2.05, 4.69) is 4.98 Å². The Hall–Kier alpha value is -2.05. The molecule has 0 fully saturated rings. The van der Waals surface area contributed by atoms with Crippen LogP contribution in [0.3, 0.4) is 0 Å². The van der Waals surface area contributed by atoms with Gasteiger partial charge in [0, 0.05) is 18.3 Å². The van der Waals surface area contributed by atoms with Crippen molar-refractivity contribution >= 4 is 23.0 Å². The Morgan fingerprint density at radius 3 is 2.40 bits per heavy atom. The zero-order valence-electron chi connectivity index (χ0n) is 10.7. The van der Waals surface area contributed by atoms with Gasteiger partial charge in [0.15, 0.2) is 10.8 Å². The number of thiazole rings is 1. The number of nitrogens with zero attached hydrogens (tertiary/aromatic N) is 1. The molecule has 4 N–H and O–H groups in total. The first-order valence-electron chi connectivity index (χ1n) is 6.01. The third kappa shape index (κ3) is 3.49. The molecule has 103 valence electrons. The summed E-state index contributed by atoms with van der Waals surface area (Å²) >= 11 is 1.12. The molecule has 0 saturated heterocycles. The molecule has 6 heteroatoms. The Bertz CT molecular complexity index is 620. The van der Waals surface area contributed by atoms with Gasteiger partial charge in [-0.15, -0.1) is 11.3 Å². The van der Waals surface area contributed by atoms with E-state index in [9.17, 15) is 9.59 Å². The maximum atomic E-state index is 11.9. The van der Waals surface area contributed by atoms with Crippen molar-refractivity contribution in [2.75, 3.05) is 0 Å². The van der Waals surface area contributed by atoms with Crippen LogP contribution in [0.4, 0.5) is 0 Å². The zero-order valence-corrected chi connectivity index (χ0v) is 11.5. The predicted octanol–water partition coefficient (Wildman–Crippen LogP) is 1.33. The van der Waals surface area contributed by atoms with Gasteiger partial charge in [0.05, 0.1) is 0 Å². The number of aromatic nitrogens is 1. The molecule has 2 rings (SSSR count). The summed E-state index contributed by atoms with van der Waals surface area (Å²) in [5.74, 6) is -0.830. The van der Waals surface area contributed by atoms with Crippen LogP contribution in [-0.2, 0) is 13.0 Å². The Balaban J connectivity index is 1.95. The van der Waals surface area contributed by atoms with E-state index in [-0.39, 0.29) is 16.5 Å². The smallest absolute Gasteiger partial charge is 0.268 e. The lowest BCUT2D eigenvalue weighted by molar-refractivity contribution is 0.0996. The van der Waals surface area contributed by atoms with E-state index in [0.717, 1.165) is 22.5 Å². The number of carbonyl (C=O) groups is 2. The van der Waals surface area contributed by atoms with E-state index in [1.165, 1.54) is 5.38 Å². The summed E-state index contributed by atoms with van der Waals surface area (Å²) in [5, 5.41) is 1.76. The third-order valence-electron chi connectivity index (χ3n) is 2.75. The number of Topliss-reactive ketones (excluding diaryl/α,β-unsaturated/α-hetero) is 1. The monoisotopic (exact) mass is 288 g/mol. The molecule has 1 heterocycles. The summed E-state index contributed by atoms with van der Waals surface area (Å²) in [7, 11) is 0. The Labute approximate surface area is 120 Å². The highest BCUT2D eigenvalue weighted by Crippen LogP contribution is 2.13. The first-order chi connectivity index (χ1) is 9.60. The van der Waals surface area contributed by atoms with Gasteiger partial charge in [-0.2, -0.15) is 0 Å². The van der Waals surface area contributed by atoms with Gasteiger partial charge in [-0.1, -0.05) is 24.3 Å². The SMILES string of the molecule is NCc1ccc(C[CH]C(=O)c2nc(C(N)=O)cs2)cc1. The minimum absolute atomic E-state index is 0.124. The topological polar surface area (TPSA) is 99.1 Å². The standard InChI is InChI=1S/C14H14N3O2S/c15-7-10-3-1-9(2-4-10)5-6-12(18)14-17-11(8-20-14)13(16)19/h1-4,6,8H,5,7,15H2,(H2,16,19). The molecule has 0 unspecified atom stereocenters. The van der Waals surface area contributed by atoms with Gasteiger partial charge in [0.25, 0.3) is 5.91 Å². The number of amides is 1. The van der Waals surface area contributed by atoms with Crippen molar-refractivity contribution in [2.24, 2.45) is 11.5 Å². The van der Waals surface area contributed by atoms with Crippen LogP contribution in [0, 0.1) is 6.42 Å². The van der Waals surface area contributed by atoms with Crippen LogP contribution in [-0.4, -0.2) is 16.7 Å². The molecule has 0 saturated carbocycles. The number of hydrogen-bond donors (Lipinski definition) is 2. The Kier molecular flexibility index (Phi) is 4.60. The lowest BCUT2D eigenvalue weighted by Crippen LogP contribution is -2.12. The highest BCUT2D eigenvalue weighted by Gasteiger charge is 2.13. The van der Waals surface area contributed by atoms with Crippen molar-refractivity contribution in [3.63, 3.8) is 0 Å². The first kappa shape index (κ1) is 14.4. The van der Waals surface area contributed by atoms with Crippen LogP contribution in [0.2, 0.25) is 0 Å². The van der Waals surface area contributed by atoms with E-state index >= 15 is 0 Å². The van der Waals surface area contributed by atoms with Crippen LogP contribution >= 0.6 is 11.3 Å². The van der Waals surface area contributed by atoms with Crippen molar-refractivity contribution in [2.45, 2.75) is 13.0 Å². The number of primary amides is 1. The van der Waals surface area contributed by atoms with Crippen LogP contribution in [0.25, 0.3) is 0 Å². The fourth-order valence-electron chi connectivity index (χ4n) is 1.61. The van der Waals surface area contributed by atoms with Gasteiger partial charge in [0.2, 0.25) is 0 Å². The van der Waals surface area contributed by atoms with E-state index in [4.69, 9.17) is 11.5 Å². The molecule has 1 aromatic carbocycles. The summed E-state index contributed by atoms with van der Waals surface area (Å²) in [5.41, 5.74) is 12.8. The van der Waals surface area contributed by atoms with Crippen LogP contribution in [0.15, 0.2) is 29.6 Å².